The van der Waals surface area contributed by atoms with Gasteiger partial charge in [0.25, 0.3) is 0 Å². The SMILES string of the molecule is CCOC(=O)CNC(=O)NCc1cccnc1N1CCCCCCC1. The summed E-state index contributed by atoms with van der Waals surface area (Å²) in [7, 11) is 0. The van der Waals surface area contributed by atoms with Crippen LogP contribution < -0.4 is 15.5 Å². The molecular weight excluding hydrogens is 320 g/mol. The fourth-order valence-electron chi connectivity index (χ4n) is 2.91. The number of urea groups is 1. The number of carbonyl (C=O) groups is 2. The topological polar surface area (TPSA) is 83.6 Å². The van der Waals surface area contributed by atoms with Crippen LogP contribution in [0.1, 0.15) is 44.6 Å². The normalized spacial score (nSPS) is 15.0. The Morgan fingerprint density at radius 2 is 1.88 bits per heavy atom. The number of hydrogen-bond acceptors (Lipinski definition) is 5. The Morgan fingerprint density at radius 1 is 1.16 bits per heavy atom. The number of hydrogen-bond donors (Lipinski definition) is 2. The lowest BCUT2D eigenvalue weighted by Gasteiger charge is -2.27. The largest absolute Gasteiger partial charge is 0.465 e. The van der Waals surface area contributed by atoms with Gasteiger partial charge in [0.1, 0.15) is 12.4 Å². The third-order valence-corrected chi connectivity index (χ3v) is 4.16. The maximum atomic E-state index is 11.8. The Labute approximate surface area is 149 Å². The first-order valence-corrected chi connectivity index (χ1v) is 9.07. The number of aromatic nitrogens is 1. The molecule has 25 heavy (non-hydrogen) atoms. The molecule has 0 atom stereocenters. The van der Waals surface area contributed by atoms with E-state index in [2.05, 4.69) is 20.5 Å². The number of ether oxygens (including phenoxy) is 1. The second kappa shape index (κ2) is 10.5. The predicted molar refractivity (Wildman–Crippen MR) is 96.4 cm³/mol. The zero-order valence-corrected chi connectivity index (χ0v) is 14.9. The van der Waals surface area contributed by atoms with E-state index in [1.54, 1.807) is 13.1 Å². The summed E-state index contributed by atoms with van der Waals surface area (Å²) in [6, 6.07) is 3.46. The minimum atomic E-state index is -0.444. The Bertz CT molecular complexity index is 557. The highest BCUT2D eigenvalue weighted by Crippen LogP contribution is 2.21. The molecule has 1 saturated heterocycles. The monoisotopic (exact) mass is 348 g/mol. The number of pyridine rings is 1. The van der Waals surface area contributed by atoms with E-state index in [1.165, 1.54) is 32.1 Å². The van der Waals surface area contributed by atoms with Gasteiger partial charge in [-0.1, -0.05) is 25.3 Å². The standard InChI is InChI=1S/C18H28N4O3/c1-2-25-16(23)14-21-18(24)20-13-15-9-8-10-19-17(15)22-11-6-4-3-5-7-12-22/h8-10H,2-7,11-14H2,1H3,(H2,20,21,24). The van der Waals surface area contributed by atoms with Crippen molar-refractivity contribution in [2.24, 2.45) is 0 Å². The van der Waals surface area contributed by atoms with Crippen LogP contribution in [0.4, 0.5) is 10.6 Å². The summed E-state index contributed by atoms with van der Waals surface area (Å²) < 4.78 is 4.78. The Balaban J connectivity index is 1.89. The second-order valence-corrected chi connectivity index (χ2v) is 6.08. The molecule has 0 spiro atoms. The minimum absolute atomic E-state index is 0.133. The highest BCUT2D eigenvalue weighted by molar-refractivity contribution is 5.80. The molecule has 138 valence electrons. The van der Waals surface area contributed by atoms with Gasteiger partial charge in [-0.25, -0.2) is 9.78 Å². The van der Waals surface area contributed by atoms with Crippen molar-refractivity contribution in [3.8, 4) is 0 Å². The molecule has 1 fully saturated rings. The molecule has 1 aromatic rings. The van der Waals surface area contributed by atoms with Crippen LogP contribution in [-0.4, -0.2) is 43.2 Å². The van der Waals surface area contributed by atoms with Gasteiger partial charge < -0.3 is 20.3 Å². The van der Waals surface area contributed by atoms with Crippen molar-refractivity contribution in [2.45, 2.75) is 45.6 Å². The van der Waals surface area contributed by atoms with Gasteiger partial charge in [-0.2, -0.15) is 0 Å². The first kappa shape index (κ1) is 19.0. The molecule has 1 aromatic heterocycles. The van der Waals surface area contributed by atoms with Crippen molar-refractivity contribution >= 4 is 17.8 Å². The summed E-state index contributed by atoms with van der Waals surface area (Å²) >= 11 is 0. The van der Waals surface area contributed by atoms with Gasteiger partial charge in [0, 0.05) is 31.4 Å². The van der Waals surface area contributed by atoms with E-state index < -0.39 is 12.0 Å². The smallest absolute Gasteiger partial charge is 0.325 e. The molecule has 0 aromatic carbocycles. The van der Waals surface area contributed by atoms with Crippen LogP contribution in [0.2, 0.25) is 0 Å². The van der Waals surface area contributed by atoms with Gasteiger partial charge in [0.05, 0.1) is 6.61 Å². The Hall–Kier alpha value is -2.31. The number of amides is 2. The molecule has 2 rings (SSSR count). The van der Waals surface area contributed by atoms with Gasteiger partial charge in [0.15, 0.2) is 0 Å². The zero-order valence-electron chi connectivity index (χ0n) is 14.9. The highest BCUT2D eigenvalue weighted by atomic mass is 16.5. The molecule has 0 saturated carbocycles. The molecule has 0 aliphatic carbocycles. The molecule has 7 heteroatoms. The molecule has 2 heterocycles. The maximum Gasteiger partial charge on any atom is 0.325 e. The summed E-state index contributed by atoms with van der Waals surface area (Å²) in [4.78, 5) is 30.0. The summed E-state index contributed by atoms with van der Waals surface area (Å²) in [5.74, 6) is 0.496. The maximum absolute atomic E-state index is 11.8. The Morgan fingerprint density at radius 3 is 2.60 bits per heavy atom. The molecule has 0 bridgehead atoms. The van der Waals surface area contributed by atoms with Crippen molar-refractivity contribution in [2.75, 3.05) is 31.1 Å². The van der Waals surface area contributed by atoms with Crippen molar-refractivity contribution in [1.82, 2.24) is 15.6 Å². The van der Waals surface area contributed by atoms with Gasteiger partial charge >= 0.3 is 12.0 Å². The molecule has 0 unspecified atom stereocenters. The average molecular weight is 348 g/mol. The van der Waals surface area contributed by atoms with Crippen LogP contribution in [-0.2, 0) is 16.1 Å². The summed E-state index contributed by atoms with van der Waals surface area (Å²) in [6.07, 6.45) is 7.96. The second-order valence-electron chi connectivity index (χ2n) is 6.08. The van der Waals surface area contributed by atoms with Gasteiger partial charge in [0.2, 0.25) is 0 Å². The van der Waals surface area contributed by atoms with Crippen LogP contribution in [0, 0.1) is 0 Å². The van der Waals surface area contributed by atoms with E-state index in [4.69, 9.17) is 4.74 Å². The molecular formula is C18H28N4O3. The van der Waals surface area contributed by atoms with Crippen molar-refractivity contribution in [3.63, 3.8) is 0 Å². The Kier molecular flexibility index (Phi) is 8.01. The van der Waals surface area contributed by atoms with E-state index in [1.807, 2.05) is 12.1 Å². The fourth-order valence-corrected chi connectivity index (χ4v) is 2.91. The lowest BCUT2D eigenvalue weighted by molar-refractivity contribution is -0.141. The highest BCUT2D eigenvalue weighted by Gasteiger charge is 2.14. The van der Waals surface area contributed by atoms with E-state index in [0.717, 1.165) is 24.5 Å². The summed E-state index contributed by atoms with van der Waals surface area (Å²) in [6.45, 7) is 4.27. The van der Waals surface area contributed by atoms with E-state index in [0.29, 0.717) is 13.2 Å². The van der Waals surface area contributed by atoms with Crippen molar-refractivity contribution < 1.29 is 14.3 Å². The van der Waals surface area contributed by atoms with E-state index >= 15 is 0 Å². The molecule has 2 N–H and O–H groups in total. The summed E-state index contributed by atoms with van der Waals surface area (Å²) in [5.41, 5.74) is 0.981. The number of carbonyl (C=O) groups excluding carboxylic acids is 2. The molecule has 2 amide bonds. The molecule has 1 aliphatic heterocycles. The van der Waals surface area contributed by atoms with Gasteiger partial charge in [-0.05, 0) is 25.8 Å². The van der Waals surface area contributed by atoms with E-state index in [9.17, 15) is 9.59 Å². The summed E-state index contributed by atoms with van der Waals surface area (Å²) in [5, 5.41) is 5.28. The fraction of sp³-hybridized carbons (Fsp3) is 0.611. The van der Waals surface area contributed by atoms with Gasteiger partial charge in [-0.15, -0.1) is 0 Å². The van der Waals surface area contributed by atoms with Crippen LogP contribution in [0.25, 0.3) is 0 Å². The first-order valence-electron chi connectivity index (χ1n) is 9.07. The van der Waals surface area contributed by atoms with Crippen LogP contribution in [0.15, 0.2) is 18.3 Å². The number of nitrogens with one attached hydrogen (secondary N) is 2. The van der Waals surface area contributed by atoms with Gasteiger partial charge in [-0.3, -0.25) is 4.79 Å². The first-order chi connectivity index (χ1) is 12.2. The van der Waals surface area contributed by atoms with Crippen LogP contribution in [0.5, 0.6) is 0 Å². The van der Waals surface area contributed by atoms with Crippen LogP contribution in [0.3, 0.4) is 0 Å². The number of rotatable bonds is 6. The molecule has 1 aliphatic rings. The van der Waals surface area contributed by atoms with Crippen LogP contribution >= 0.6 is 0 Å². The molecule has 0 radical (unpaired) electrons. The number of nitrogens with zero attached hydrogens (tertiary/aromatic N) is 2. The number of anilines is 1. The van der Waals surface area contributed by atoms with E-state index in [-0.39, 0.29) is 6.54 Å². The minimum Gasteiger partial charge on any atom is -0.465 e. The third kappa shape index (κ3) is 6.60. The number of esters is 1. The van der Waals surface area contributed by atoms with Crippen molar-refractivity contribution in [3.05, 3.63) is 23.9 Å². The zero-order chi connectivity index (χ0) is 17.9. The lowest BCUT2D eigenvalue weighted by atomic mass is 10.1. The lowest BCUT2D eigenvalue weighted by Crippen LogP contribution is -2.39. The predicted octanol–water partition coefficient (Wildman–Crippen LogP) is 2.21. The average Bonchev–Trinajstić information content (AvgIpc) is 2.59. The third-order valence-electron chi connectivity index (χ3n) is 4.16. The van der Waals surface area contributed by atoms with Crippen molar-refractivity contribution in [1.29, 1.82) is 0 Å². The quantitative estimate of drug-likeness (QED) is 0.770. The molecule has 7 nitrogen and oxygen atoms in total.